The van der Waals surface area contributed by atoms with Gasteiger partial charge in [-0.25, -0.2) is 0 Å². The number of nitrogens with zero attached hydrogens (tertiary/aromatic N) is 2. The van der Waals surface area contributed by atoms with Crippen molar-refractivity contribution in [2.45, 2.75) is 26.7 Å². The summed E-state index contributed by atoms with van der Waals surface area (Å²) in [5.41, 5.74) is 2.28. The first kappa shape index (κ1) is 20.7. The second-order valence-electron chi connectivity index (χ2n) is 6.93. The Morgan fingerprint density at radius 2 is 1.77 bits per heavy atom. The lowest BCUT2D eigenvalue weighted by molar-refractivity contribution is -0.126. The lowest BCUT2D eigenvalue weighted by atomic mass is 9.97. The minimum atomic E-state index is -3.39. The van der Waals surface area contributed by atoms with Gasteiger partial charge in [-0.05, 0) is 49.9 Å². The predicted octanol–water partition coefficient (Wildman–Crippen LogP) is 1.32. The second-order valence-corrected chi connectivity index (χ2v) is 9.07. The van der Waals surface area contributed by atoms with E-state index in [9.17, 15) is 13.2 Å². The fourth-order valence-corrected chi connectivity index (χ4v) is 4.22. The van der Waals surface area contributed by atoms with Crippen molar-refractivity contribution in [3.63, 3.8) is 0 Å². The van der Waals surface area contributed by atoms with Gasteiger partial charge in [0.25, 0.3) is 10.2 Å². The zero-order valence-corrected chi connectivity index (χ0v) is 16.8. The number of piperidine rings is 1. The van der Waals surface area contributed by atoms with Crippen LogP contribution in [-0.2, 0) is 15.0 Å². The van der Waals surface area contributed by atoms with E-state index in [1.54, 1.807) is 0 Å². The highest BCUT2D eigenvalue weighted by molar-refractivity contribution is 7.86. The van der Waals surface area contributed by atoms with Crippen molar-refractivity contribution in [2.75, 3.05) is 40.3 Å². The molecule has 1 saturated heterocycles. The summed E-state index contributed by atoms with van der Waals surface area (Å²) in [5.74, 6) is 0.625. The zero-order chi connectivity index (χ0) is 19.3. The van der Waals surface area contributed by atoms with Crippen LogP contribution in [-0.4, -0.2) is 63.3 Å². The summed E-state index contributed by atoms with van der Waals surface area (Å²) < 4.78 is 32.5. The molecule has 0 radical (unpaired) electrons. The SMILES string of the molecule is Cc1cc(C)cc(OCCNC(=O)C2CCN(S(=O)(=O)N(C)C)CC2)c1. The van der Waals surface area contributed by atoms with Crippen molar-refractivity contribution < 1.29 is 17.9 Å². The molecule has 0 saturated carbocycles. The van der Waals surface area contributed by atoms with E-state index in [0.717, 1.165) is 16.9 Å². The van der Waals surface area contributed by atoms with Crippen molar-refractivity contribution >= 4 is 16.1 Å². The van der Waals surface area contributed by atoms with Crippen LogP contribution in [0.15, 0.2) is 18.2 Å². The van der Waals surface area contributed by atoms with Gasteiger partial charge in [-0.2, -0.15) is 17.0 Å². The normalized spacial score (nSPS) is 16.7. The highest BCUT2D eigenvalue weighted by Gasteiger charge is 2.31. The number of hydrogen-bond acceptors (Lipinski definition) is 4. The molecule has 0 spiro atoms. The van der Waals surface area contributed by atoms with E-state index in [2.05, 4.69) is 11.4 Å². The van der Waals surface area contributed by atoms with Gasteiger partial charge in [0.2, 0.25) is 5.91 Å². The van der Waals surface area contributed by atoms with Gasteiger partial charge >= 0.3 is 0 Å². The minimum Gasteiger partial charge on any atom is -0.492 e. The Labute approximate surface area is 156 Å². The third-order valence-corrected chi connectivity index (χ3v) is 6.42. The minimum absolute atomic E-state index is 0.0316. The fraction of sp³-hybridized carbons (Fsp3) is 0.611. The molecule has 1 amide bonds. The Bertz CT molecular complexity index is 706. The van der Waals surface area contributed by atoms with E-state index in [1.165, 1.54) is 22.7 Å². The van der Waals surface area contributed by atoms with Gasteiger partial charge in [-0.3, -0.25) is 4.79 Å². The number of nitrogens with one attached hydrogen (secondary N) is 1. The number of benzene rings is 1. The summed E-state index contributed by atoms with van der Waals surface area (Å²) in [6.07, 6.45) is 1.08. The molecule has 1 aliphatic heterocycles. The molecule has 26 heavy (non-hydrogen) atoms. The second kappa shape index (κ2) is 8.83. The molecule has 7 nitrogen and oxygen atoms in total. The Hall–Kier alpha value is -1.64. The van der Waals surface area contributed by atoms with Crippen LogP contribution in [0.25, 0.3) is 0 Å². The first-order chi connectivity index (χ1) is 12.2. The topological polar surface area (TPSA) is 79.0 Å². The Morgan fingerprint density at radius 3 is 2.31 bits per heavy atom. The molecular weight excluding hydrogens is 354 g/mol. The Morgan fingerprint density at radius 1 is 1.19 bits per heavy atom. The monoisotopic (exact) mass is 383 g/mol. The van der Waals surface area contributed by atoms with Gasteiger partial charge in [0.1, 0.15) is 12.4 Å². The lowest BCUT2D eigenvalue weighted by Gasteiger charge is -2.32. The average Bonchev–Trinajstić information content (AvgIpc) is 2.57. The molecular formula is C18H29N3O4S. The largest absolute Gasteiger partial charge is 0.492 e. The summed E-state index contributed by atoms with van der Waals surface area (Å²) in [6.45, 7) is 5.62. The van der Waals surface area contributed by atoms with E-state index < -0.39 is 10.2 Å². The number of hydrogen-bond donors (Lipinski definition) is 1. The Balaban J connectivity index is 1.72. The number of carbonyl (C=O) groups is 1. The van der Waals surface area contributed by atoms with Crippen LogP contribution in [0.5, 0.6) is 5.75 Å². The number of ether oxygens (including phenoxy) is 1. The van der Waals surface area contributed by atoms with Crippen molar-refractivity contribution in [1.82, 2.24) is 13.9 Å². The number of carbonyl (C=O) groups excluding carboxylic acids is 1. The van der Waals surface area contributed by atoms with Crippen molar-refractivity contribution in [2.24, 2.45) is 5.92 Å². The van der Waals surface area contributed by atoms with Crippen LogP contribution in [0.4, 0.5) is 0 Å². The molecule has 2 rings (SSSR count). The van der Waals surface area contributed by atoms with E-state index in [1.807, 2.05) is 26.0 Å². The van der Waals surface area contributed by atoms with E-state index in [-0.39, 0.29) is 11.8 Å². The van der Waals surface area contributed by atoms with Crippen LogP contribution < -0.4 is 10.1 Å². The number of rotatable bonds is 7. The van der Waals surface area contributed by atoms with Crippen molar-refractivity contribution in [3.05, 3.63) is 29.3 Å². The zero-order valence-electron chi connectivity index (χ0n) is 16.0. The van der Waals surface area contributed by atoms with Gasteiger partial charge in [0.05, 0.1) is 6.54 Å². The first-order valence-electron chi connectivity index (χ1n) is 8.86. The predicted molar refractivity (Wildman–Crippen MR) is 101 cm³/mol. The maximum atomic E-state index is 12.3. The molecule has 0 aliphatic carbocycles. The molecule has 1 fully saturated rings. The summed E-state index contributed by atoms with van der Waals surface area (Å²) in [5, 5.41) is 2.89. The van der Waals surface area contributed by atoms with Crippen molar-refractivity contribution in [3.8, 4) is 5.75 Å². The quantitative estimate of drug-likeness (QED) is 0.720. The van der Waals surface area contributed by atoms with E-state index >= 15 is 0 Å². The maximum absolute atomic E-state index is 12.3. The fourth-order valence-electron chi connectivity index (χ4n) is 3.08. The molecule has 0 unspecified atom stereocenters. The number of aryl methyl sites for hydroxylation is 2. The highest BCUT2D eigenvalue weighted by atomic mass is 32.2. The van der Waals surface area contributed by atoms with Crippen LogP contribution >= 0.6 is 0 Å². The summed E-state index contributed by atoms with van der Waals surface area (Å²) in [6, 6.07) is 6.02. The van der Waals surface area contributed by atoms with E-state index in [4.69, 9.17) is 4.74 Å². The molecule has 0 bridgehead atoms. The molecule has 1 N–H and O–H groups in total. The van der Waals surface area contributed by atoms with Gasteiger partial charge in [-0.15, -0.1) is 0 Å². The average molecular weight is 384 g/mol. The van der Waals surface area contributed by atoms with Crippen LogP contribution in [0.1, 0.15) is 24.0 Å². The molecule has 1 aliphatic rings. The van der Waals surface area contributed by atoms with Crippen LogP contribution in [0.2, 0.25) is 0 Å². The molecule has 146 valence electrons. The van der Waals surface area contributed by atoms with Gasteiger partial charge < -0.3 is 10.1 Å². The molecule has 1 heterocycles. The van der Waals surface area contributed by atoms with E-state index in [0.29, 0.717) is 39.1 Å². The molecule has 0 atom stereocenters. The number of amides is 1. The third kappa shape index (κ3) is 5.43. The van der Waals surface area contributed by atoms with Gasteiger partial charge in [-0.1, -0.05) is 6.07 Å². The molecule has 8 heteroatoms. The highest BCUT2D eigenvalue weighted by Crippen LogP contribution is 2.20. The smallest absolute Gasteiger partial charge is 0.281 e. The third-order valence-electron chi connectivity index (χ3n) is 4.48. The van der Waals surface area contributed by atoms with Gasteiger partial charge in [0.15, 0.2) is 0 Å². The summed E-state index contributed by atoms with van der Waals surface area (Å²) in [4.78, 5) is 12.3. The maximum Gasteiger partial charge on any atom is 0.281 e. The standard InChI is InChI=1S/C18H29N3O4S/c1-14-11-15(2)13-17(12-14)25-10-7-19-18(22)16-5-8-21(9-6-16)26(23,24)20(3)4/h11-13,16H,5-10H2,1-4H3,(H,19,22). The van der Waals surface area contributed by atoms with Crippen LogP contribution in [0.3, 0.4) is 0 Å². The summed E-state index contributed by atoms with van der Waals surface area (Å²) in [7, 11) is -0.357. The lowest BCUT2D eigenvalue weighted by Crippen LogP contribution is -2.47. The molecule has 0 aromatic heterocycles. The molecule has 1 aromatic carbocycles. The van der Waals surface area contributed by atoms with Crippen LogP contribution in [0, 0.1) is 19.8 Å². The van der Waals surface area contributed by atoms with Gasteiger partial charge in [0, 0.05) is 33.1 Å². The molecule has 1 aromatic rings. The van der Waals surface area contributed by atoms with Crippen molar-refractivity contribution in [1.29, 1.82) is 0 Å². The first-order valence-corrected chi connectivity index (χ1v) is 10.3. The Kier molecular flexibility index (Phi) is 7.02. The summed E-state index contributed by atoms with van der Waals surface area (Å²) >= 11 is 0.